The minimum atomic E-state index is -4.15. The molecule has 1 aliphatic rings. The van der Waals surface area contributed by atoms with Gasteiger partial charge in [-0.3, -0.25) is 9.89 Å². The van der Waals surface area contributed by atoms with Crippen molar-refractivity contribution >= 4 is 5.96 Å². The first-order valence-electron chi connectivity index (χ1n) is 7.18. The Bertz CT molecular complexity index is 336. The fourth-order valence-corrected chi connectivity index (χ4v) is 2.30. The summed E-state index contributed by atoms with van der Waals surface area (Å²) in [5, 5.41) is 5.73. The van der Waals surface area contributed by atoms with E-state index in [9.17, 15) is 13.2 Å². The Balaban J connectivity index is 2.30. The number of rotatable bonds is 5. The van der Waals surface area contributed by atoms with Crippen LogP contribution in [0.5, 0.6) is 0 Å². The smallest absolute Gasteiger partial charge is 0.379 e. The maximum atomic E-state index is 12.1. The molecule has 1 heterocycles. The lowest BCUT2D eigenvalue weighted by Crippen LogP contribution is -2.53. The molecule has 1 rings (SSSR count). The summed E-state index contributed by atoms with van der Waals surface area (Å²) < 4.78 is 41.7. The van der Waals surface area contributed by atoms with Crippen LogP contribution in [0.2, 0.25) is 0 Å². The molecule has 0 saturated carbocycles. The summed E-state index contributed by atoms with van der Waals surface area (Å²) in [5.41, 5.74) is 0. The van der Waals surface area contributed by atoms with Gasteiger partial charge in [0.2, 0.25) is 0 Å². The van der Waals surface area contributed by atoms with Gasteiger partial charge in [0.15, 0.2) is 5.96 Å². The van der Waals surface area contributed by atoms with Crippen LogP contribution < -0.4 is 10.6 Å². The third kappa shape index (κ3) is 6.99. The lowest BCUT2D eigenvalue weighted by molar-refractivity contribution is -0.132. The normalized spacial score (nSPS) is 23.0. The molecule has 1 saturated heterocycles. The van der Waals surface area contributed by atoms with Crippen LogP contribution in [0.3, 0.4) is 0 Å². The van der Waals surface area contributed by atoms with Crippen LogP contribution >= 0.6 is 0 Å². The first-order chi connectivity index (χ1) is 9.83. The molecule has 0 aromatic heterocycles. The van der Waals surface area contributed by atoms with E-state index in [-0.39, 0.29) is 12.6 Å². The Morgan fingerprint density at radius 3 is 2.71 bits per heavy atom. The number of nitrogens with one attached hydrogen (secondary N) is 2. The van der Waals surface area contributed by atoms with Gasteiger partial charge in [-0.2, -0.15) is 13.2 Å². The molecule has 2 N–H and O–H groups in total. The molecule has 0 amide bonds. The standard InChI is InChI=1S/C13H25F3N4O/c1-10(20-6-7-21-9-11(20)2)8-19-12(17-3)18-5-4-13(14,15)16/h10-11H,4-9H2,1-3H3,(H2,17,18,19). The van der Waals surface area contributed by atoms with Gasteiger partial charge in [0.25, 0.3) is 0 Å². The highest BCUT2D eigenvalue weighted by molar-refractivity contribution is 5.79. The summed E-state index contributed by atoms with van der Waals surface area (Å²) in [7, 11) is 1.55. The number of morpholine rings is 1. The molecule has 0 radical (unpaired) electrons. The van der Waals surface area contributed by atoms with E-state index in [1.54, 1.807) is 7.05 Å². The fraction of sp³-hybridized carbons (Fsp3) is 0.923. The predicted molar refractivity (Wildman–Crippen MR) is 76.5 cm³/mol. The second kappa shape index (κ2) is 8.43. The van der Waals surface area contributed by atoms with E-state index in [0.29, 0.717) is 31.8 Å². The first-order valence-corrected chi connectivity index (χ1v) is 7.18. The zero-order valence-corrected chi connectivity index (χ0v) is 12.8. The van der Waals surface area contributed by atoms with Gasteiger partial charge < -0.3 is 15.4 Å². The maximum absolute atomic E-state index is 12.1. The van der Waals surface area contributed by atoms with Crippen molar-refractivity contribution in [3.05, 3.63) is 0 Å². The molecule has 1 fully saturated rings. The number of aliphatic imine (C=N–C) groups is 1. The van der Waals surface area contributed by atoms with Gasteiger partial charge in [-0.25, -0.2) is 0 Å². The Morgan fingerprint density at radius 1 is 1.43 bits per heavy atom. The second-order valence-electron chi connectivity index (χ2n) is 5.26. The van der Waals surface area contributed by atoms with Crippen molar-refractivity contribution in [2.45, 2.75) is 38.5 Å². The summed E-state index contributed by atoms with van der Waals surface area (Å²) in [6, 6.07) is 0.598. The number of halogens is 3. The van der Waals surface area contributed by atoms with E-state index in [2.05, 4.69) is 34.4 Å². The SMILES string of the molecule is CN=C(NCCC(F)(F)F)NCC(C)N1CCOCC1C. The summed E-state index contributed by atoms with van der Waals surface area (Å²) >= 11 is 0. The average molecular weight is 310 g/mol. The van der Waals surface area contributed by atoms with Crippen molar-refractivity contribution in [2.75, 3.05) is 39.9 Å². The van der Waals surface area contributed by atoms with Crippen molar-refractivity contribution < 1.29 is 17.9 Å². The van der Waals surface area contributed by atoms with E-state index >= 15 is 0 Å². The summed E-state index contributed by atoms with van der Waals surface area (Å²) in [4.78, 5) is 6.25. The Hall–Kier alpha value is -1.02. The van der Waals surface area contributed by atoms with Crippen molar-refractivity contribution in [3.8, 4) is 0 Å². The minimum Gasteiger partial charge on any atom is -0.379 e. The molecular weight excluding hydrogens is 285 g/mol. The Labute approximate surface area is 123 Å². The summed E-state index contributed by atoms with van der Waals surface area (Å²) in [5.74, 6) is 0.395. The number of guanidine groups is 1. The Kier molecular flexibility index (Phi) is 7.24. The van der Waals surface area contributed by atoms with Gasteiger partial charge in [0, 0.05) is 38.8 Å². The van der Waals surface area contributed by atoms with Crippen molar-refractivity contribution in [3.63, 3.8) is 0 Å². The van der Waals surface area contributed by atoms with Crippen LogP contribution in [0.4, 0.5) is 13.2 Å². The zero-order chi connectivity index (χ0) is 15.9. The topological polar surface area (TPSA) is 48.9 Å². The van der Waals surface area contributed by atoms with E-state index in [1.807, 2.05) is 0 Å². The lowest BCUT2D eigenvalue weighted by atomic mass is 10.2. The van der Waals surface area contributed by atoms with Gasteiger partial charge in [-0.15, -0.1) is 0 Å². The predicted octanol–water partition coefficient (Wildman–Crippen LogP) is 1.21. The average Bonchev–Trinajstić information content (AvgIpc) is 2.41. The molecule has 124 valence electrons. The molecule has 0 spiro atoms. The fourth-order valence-electron chi connectivity index (χ4n) is 2.30. The molecule has 2 unspecified atom stereocenters. The number of ether oxygens (including phenoxy) is 1. The molecular formula is C13H25F3N4O. The van der Waals surface area contributed by atoms with Crippen LogP contribution in [0.25, 0.3) is 0 Å². The first kappa shape index (κ1) is 18.0. The minimum absolute atomic E-state index is 0.175. The molecule has 8 heteroatoms. The second-order valence-corrected chi connectivity index (χ2v) is 5.26. The van der Waals surface area contributed by atoms with Gasteiger partial charge in [-0.05, 0) is 13.8 Å². The van der Waals surface area contributed by atoms with Crippen LogP contribution in [-0.2, 0) is 4.74 Å². The molecule has 0 bridgehead atoms. The van der Waals surface area contributed by atoms with Gasteiger partial charge in [-0.1, -0.05) is 0 Å². The summed E-state index contributed by atoms with van der Waals surface area (Å²) in [6.07, 6.45) is -5.02. The summed E-state index contributed by atoms with van der Waals surface area (Å²) in [6.45, 7) is 6.92. The highest BCUT2D eigenvalue weighted by Crippen LogP contribution is 2.18. The highest BCUT2D eigenvalue weighted by atomic mass is 19.4. The number of alkyl halides is 3. The van der Waals surface area contributed by atoms with E-state index in [0.717, 1.165) is 6.54 Å². The van der Waals surface area contributed by atoms with Gasteiger partial charge in [0.1, 0.15) is 0 Å². The zero-order valence-electron chi connectivity index (χ0n) is 12.8. The third-order valence-corrected chi connectivity index (χ3v) is 3.47. The Morgan fingerprint density at radius 2 is 2.14 bits per heavy atom. The number of hydrogen-bond donors (Lipinski definition) is 2. The number of nitrogens with zero attached hydrogens (tertiary/aromatic N) is 2. The monoisotopic (exact) mass is 310 g/mol. The molecule has 1 aliphatic heterocycles. The van der Waals surface area contributed by atoms with Crippen LogP contribution in [0, 0.1) is 0 Å². The maximum Gasteiger partial charge on any atom is 0.390 e. The number of hydrogen-bond acceptors (Lipinski definition) is 3. The molecule has 0 aromatic carbocycles. The molecule has 21 heavy (non-hydrogen) atoms. The van der Waals surface area contributed by atoms with Crippen LogP contribution in [-0.4, -0.2) is 69.0 Å². The quantitative estimate of drug-likeness (QED) is 0.592. The van der Waals surface area contributed by atoms with Crippen molar-refractivity contribution in [1.82, 2.24) is 15.5 Å². The van der Waals surface area contributed by atoms with E-state index < -0.39 is 12.6 Å². The molecule has 2 atom stereocenters. The largest absolute Gasteiger partial charge is 0.390 e. The third-order valence-electron chi connectivity index (χ3n) is 3.47. The molecule has 0 aliphatic carbocycles. The van der Waals surface area contributed by atoms with Gasteiger partial charge in [0.05, 0.1) is 19.6 Å². The van der Waals surface area contributed by atoms with Crippen molar-refractivity contribution in [2.24, 2.45) is 4.99 Å². The molecule has 0 aromatic rings. The van der Waals surface area contributed by atoms with E-state index in [1.165, 1.54) is 0 Å². The van der Waals surface area contributed by atoms with Crippen LogP contribution in [0.15, 0.2) is 4.99 Å². The van der Waals surface area contributed by atoms with Crippen LogP contribution in [0.1, 0.15) is 20.3 Å². The van der Waals surface area contributed by atoms with Gasteiger partial charge >= 0.3 is 6.18 Å². The van der Waals surface area contributed by atoms with E-state index in [4.69, 9.17) is 4.74 Å². The highest BCUT2D eigenvalue weighted by Gasteiger charge is 2.26. The van der Waals surface area contributed by atoms with Crippen molar-refractivity contribution in [1.29, 1.82) is 0 Å². The molecule has 5 nitrogen and oxygen atoms in total. The lowest BCUT2D eigenvalue weighted by Gasteiger charge is -2.38.